The van der Waals surface area contributed by atoms with Crippen molar-refractivity contribution in [3.63, 3.8) is 0 Å². The second-order valence-corrected chi connectivity index (χ2v) is 3.16. The Morgan fingerprint density at radius 2 is 2.33 bits per heavy atom. The molecule has 2 N–H and O–H groups in total. The minimum Gasteiger partial charge on any atom is -0.370 e. The zero-order chi connectivity index (χ0) is 7.11. The molecule has 0 unspecified atom stereocenters. The Morgan fingerprint density at radius 1 is 1.67 bits per heavy atom. The lowest BCUT2D eigenvalue weighted by molar-refractivity contribution is -0.118. The number of primary amides is 1. The summed E-state index contributed by atoms with van der Waals surface area (Å²) in [6, 6.07) is 0. The first-order chi connectivity index (χ1) is 4.27. The molecule has 0 aliphatic heterocycles. The van der Waals surface area contributed by atoms with Crippen LogP contribution in [0, 0.1) is 0 Å². The molecule has 0 spiro atoms. The third kappa shape index (κ3) is 7.82. The molecule has 0 bridgehead atoms. The number of amides is 1. The molecule has 0 aromatic heterocycles. The van der Waals surface area contributed by atoms with Crippen LogP contribution in [0.15, 0.2) is 0 Å². The third-order valence-electron chi connectivity index (χ3n) is 0.916. The number of thioether (sulfide) groups is 1. The minimum atomic E-state index is -0.188. The van der Waals surface area contributed by atoms with Crippen molar-refractivity contribution in [2.45, 2.75) is 19.8 Å². The fraction of sp³-hybridized carbons (Fsp3) is 0.833. The van der Waals surface area contributed by atoms with Crippen LogP contribution in [0.1, 0.15) is 19.8 Å². The lowest BCUT2D eigenvalue weighted by Crippen LogP contribution is -2.09. The summed E-state index contributed by atoms with van der Waals surface area (Å²) in [5.74, 6) is 1.99. The summed E-state index contributed by atoms with van der Waals surface area (Å²) in [6.45, 7) is 2.11. The molecule has 0 aliphatic rings. The van der Waals surface area contributed by atoms with Crippen molar-refractivity contribution in [3.8, 4) is 0 Å². The van der Waals surface area contributed by atoms with Gasteiger partial charge >= 0.3 is 0 Å². The topological polar surface area (TPSA) is 43.1 Å². The lowest BCUT2D eigenvalue weighted by atomic mass is 10.3. The van der Waals surface area contributed by atoms with E-state index in [-0.39, 0.29) is 5.91 Å². The number of nitrogens with two attached hydrogens (primary N) is 1. The van der Waals surface area contributed by atoms with Gasteiger partial charge in [0.05, 0.1) is 0 Å². The molecule has 0 heterocycles. The predicted octanol–water partition coefficient (Wildman–Crippen LogP) is 1.00. The molecule has 0 saturated carbocycles. The van der Waals surface area contributed by atoms with Crippen LogP contribution in [0.3, 0.4) is 0 Å². The van der Waals surface area contributed by atoms with E-state index >= 15 is 0 Å². The van der Waals surface area contributed by atoms with Gasteiger partial charge in [0.15, 0.2) is 0 Å². The van der Waals surface area contributed by atoms with Gasteiger partial charge in [-0.1, -0.05) is 6.92 Å². The van der Waals surface area contributed by atoms with E-state index in [1.54, 1.807) is 0 Å². The van der Waals surface area contributed by atoms with E-state index < -0.39 is 0 Å². The molecule has 0 aliphatic carbocycles. The van der Waals surface area contributed by atoms with E-state index in [1.165, 1.54) is 0 Å². The monoisotopic (exact) mass is 147 g/mol. The first kappa shape index (κ1) is 8.82. The van der Waals surface area contributed by atoms with Crippen molar-refractivity contribution in [2.75, 3.05) is 11.5 Å². The number of carbonyl (C=O) groups is 1. The second-order valence-electron chi connectivity index (χ2n) is 1.77. The van der Waals surface area contributed by atoms with Crippen LogP contribution in [0.2, 0.25) is 0 Å². The lowest BCUT2D eigenvalue weighted by Gasteiger charge is -1.93. The summed E-state index contributed by atoms with van der Waals surface area (Å²) < 4.78 is 0. The van der Waals surface area contributed by atoms with Gasteiger partial charge in [0.1, 0.15) is 0 Å². The fourth-order valence-corrected chi connectivity index (χ4v) is 1.13. The van der Waals surface area contributed by atoms with Gasteiger partial charge in [-0.3, -0.25) is 4.79 Å². The van der Waals surface area contributed by atoms with E-state index in [1.807, 2.05) is 11.8 Å². The zero-order valence-corrected chi connectivity index (χ0v) is 6.54. The van der Waals surface area contributed by atoms with Crippen LogP contribution in [0.25, 0.3) is 0 Å². The van der Waals surface area contributed by atoms with Gasteiger partial charge in [-0.15, -0.1) is 0 Å². The van der Waals surface area contributed by atoms with Gasteiger partial charge in [-0.05, 0) is 17.9 Å². The zero-order valence-electron chi connectivity index (χ0n) is 5.72. The Morgan fingerprint density at radius 3 is 2.78 bits per heavy atom. The maximum Gasteiger partial charge on any atom is 0.217 e. The van der Waals surface area contributed by atoms with Gasteiger partial charge in [0.2, 0.25) is 5.91 Å². The fourth-order valence-electron chi connectivity index (χ4n) is 0.493. The number of rotatable bonds is 5. The number of carbonyl (C=O) groups excluding carboxylic acids is 1. The molecular weight excluding hydrogens is 134 g/mol. The average Bonchev–Trinajstić information content (AvgIpc) is 1.80. The molecule has 0 saturated heterocycles. The number of hydrogen-bond acceptors (Lipinski definition) is 2. The van der Waals surface area contributed by atoms with Gasteiger partial charge in [-0.25, -0.2) is 0 Å². The second kappa shape index (κ2) is 5.95. The Labute approximate surface area is 60.2 Å². The highest BCUT2D eigenvalue weighted by atomic mass is 32.2. The summed E-state index contributed by atoms with van der Waals surface area (Å²) in [7, 11) is 0. The van der Waals surface area contributed by atoms with Gasteiger partial charge in [0.25, 0.3) is 0 Å². The summed E-state index contributed by atoms with van der Waals surface area (Å²) >= 11 is 1.84. The molecule has 1 amide bonds. The molecule has 0 aromatic carbocycles. The maximum absolute atomic E-state index is 10.2. The van der Waals surface area contributed by atoms with Gasteiger partial charge < -0.3 is 5.73 Å². The van der Waals surface area contributed by atoms with E-state index in [0.717, 1.165) is 17.9 Å². The smallest absolute Gasteiger partial charge is 0.217 e. The Bertz CT molecular complexity index is 85.1. The Kier molecular flexibility index (Phi) is 5.83. The summed E-state index contributed by atoms with van der Waals surface area (Å²) in [5, 5.41) is 0. The van der Waals surface area contributed by atoms with Crippen molar-refractivity contribution in [1.82, 2.24) is 0 Å². The molecule has 0 radical (unpaired) electrons. The molecule has 0 fully saturated rings. The summed E-state index contributed by atoms with van der Waals surface area (Å²) in [5.41, 5.74) is 4.93. The highest BCUT2D eigenvalue weighted by Crippen LogP contribution is 2.02. The van der Waals surface area contributed by atoms with Gasteiger partial charge in [0, 0.05) is 6.42 Å². The van der Waals surface area contributed by atoms with Crippen molar-refractivity contribution < 1.29 is 4.79 Å². The first-order valence-electron chi connectivity index (χ1n) is 3.13. The van der Waals surface area contributed by atoms with E-state index in [0.29, 0.717) is 6.42 Å². The molecule has 0 aromatic rings. The molecule has 0 rings (SSSR count). The SMILES string of the molecule is CCSCCCC(N)=O. The van der Waals surface area contributed by atoms with Crippen molar-refractivity contribution in [3.05, 3.63) is 0 Å². The van der Waals surface area contributed by atoms with Crippen molar-refractivity contribution >= 4 is 17.7 Å². The van der Waals surface area contributed by atoms with Crippen molar-refractivity contribution in [1.29, 1.82) is 0 Å². The molecule has 2 nitrogen and oxygen atoms in total. The van der Waals surface area contributed by atoms with Crippen LogP contribution in [-0.4, -0.2) is 17.4 Å². The average molecular weight is 147 g/mol. The van der Waals surface area contributed by atoms with Crippen LogP contribution >= 0.6 is 11.8 Å². The summed E-state index contributed by atoms with van der Waals surface area (Å²) in [4.78, 5) is 10.2. The minimum absolute atomic E-state index is 0.188. The van der Waals surface area contributed by atoms with Crippen LogP contribution in [0.4, 0.5) is 0 Å². The predicted molar refractivity (Wildman–Crippen MR) is 41.4 cm³/mol. The Hall–Kier alpha value is -0.180. The highest BCUT2D eigenvalue weighted by Gasteiger charge is 1.91. The Balaban J connectivity index is 2.83. The maximum atomic E-state index is 10.2. The first-order valence-corrected chi connectivity index (χ1v) is 4.29. The summed E-state index contributed by atoms with van der Waals surface area (Å²) in [6.07, 6.45) is 1.46. The van der Waals surface area contributed by atoms with Crippen LogP contribution < -0.4 is 5.73 Å². The standard InChI is InChI=1S/C6H13NOS/c1-2-9-5-3-4-6(7)8/h2-5H2,1H3,(H2,7,8). The molecule has 3 heteroatoms. The van der Waals surface area contributed by atoms with E-state index in [4.69, 9.17) is 5.73 Å². The molecule has 0 atom stereocenters. The number of hydrogen-bond donors (Lipinski definition) is 1. The quantitative estimate of drug-likeness (QED) is 0.590. The van der Waals surface area contributed by atoms with Crippen molar-refractivity contribution in [2.24, 2.45) is 5.73 Å². The highest BCUT2D eigenvalue weighted by molar-refractivity contribution is 7.99. The normalized spacial score (nSPS) is 9.44. The van der Waals surface area contributed by atoms with Gasteiger partial charge in [-0.2, -0.15) is 11.8 Å². The van der Waals surface area contributed by atoms with E-state index in [2.05, 4.69) is 6.92 Å². The molecule has 54 valence electrons. The molecular formula is C6H13NOS. The van der Waals surface area contributed by atoms with Crippen LogP contribution in [0.5, 0.6) is 0 Å². The third-order valence-corrected chi connectivity index (χ3v) is 1.90. The van der Waals surface area contributed by atoms with Crippen LogP contribution in [-0.2, 0) is 4.79 Å². The largest absolute Gasteiger partial charge is 0.370 e. The van der Waals surface area contributed by atoms with E-state index in [9.17, 15) is 4.79 Å². The molecule has 9 heavy (non-hydrogen) atoms.